The van der Waals surface area contributed by atoms with Crippen LogP contribution in [0.5, 0.6) is 5.75 Å². The third kappa shape index (κ3) is 4.30. The Hall–Kier alpha value is -2.38. The molecule has 0 aliphatic heterocycles. The van der Waals surface area contributed by atoms with E-state index in [2.05, 4.69) is 10.6 Å². The Labute approximate surface area is 139 Å². The maximum atomic E-state index is 11.3. The highest BCUT2D eigenvalue weighted by Crippen LogP contribution is 2.33. The molecule has 1 aromatic heterocycles. The molecule has 1 heterocycles. The number of hydrogen-bond acceptors (Lipinski definition) is 5. The van der Waals surface area contributed by atoms with Crippen LogP contribution in [0.25, 0.3) is 11.3 Å². The molecule has 6 nitrogen and oxygen atoms in total. The number of methoxy groups -OCH3 is 1. The summed E-state index contributed by atoms with van der Waals surface area (Å²) >= 11 is 5.09. The number of rotatable bonds is 5. The molecular formula is C16H18N2O4S. The van der Waals surface area contributed by atoms with Crippen LogP contribution in [0.4, 0.5) is 5.69 Å². The standard InChI is InChI=1S/C16H18N2O4S/c1-3-15(20)18-16(23)17-10-4-6-13(21-2)12(8-10)14-7-5-11(9-19)22-14/h4-8,19H,3,9H2,1-2H3,(H2,17,18,20,23). The van der Waals surface area contributed by atoms with Crippen molar-refractivity contribution in [1.29, 1.82) is 0 Å². The van der Waals surface area contributed by atoms with E-state index in [0.717, 1.165) is 0 Å². The Balaban J connectivity index is 2.24. The van der Waals surface area contributed by atoms with E-state index in [1.165, 1.54) is 0 Å². The molecule has 2 rings (SSSR count). The molecule has 7 heteroatoms. The maximum absolute atomic E-state index is 11.3. The highest BCUT2D eigenvalue weighted by Gasteiger charge is 2.12. The molecule has 1 amide bonds. The molecule has 1 aromatic carbocycles. The number of carbonyl (C=O) groups is 1. The van der Waals surface area contributed by atoms with Gasteiger partial charge in [-0.05, 0) is 42.5 Å². The number of aliphatic hydroxyl groups excluding tert-OH is 1. The van der Waals surface area contributed by atoms with Gasteiger partial charge in [0.15, 0.2) is 5.11 Å². The lowest BCUT2D eigenvalue weighted by Gasteiger charge is -2.12. The highest BCUT2D eigenvalue weighted by molar-refractivity contribution is 7.80. The molecule has 0 fully saturated rings. The van der Waals surface area contributed by atoms with E-state index < -0.39 is 0 Å². The lowest BCUT2D eigenvalue weighted by Crippen LogP contribution is -2.33. The van der Waals surface area contributed by atoms with Gasteiger partial charge in [0, 0.05) is 12.1 Å². The summed E-state index contributed by atoms with van der Waals surface area (Å²) in [6.07, 6.45) is 0.353. The maximum Gasteiger partial charge on any atom is 0.225 e. The summed E-state index contributed by atoms with van der Waals surface area (Å²) in [5, 5.41) is 14.9. The van der Waals surface area contributed by atoms with Crippen LogP contribution in [0, 0.1) is 0 Å². The molecule has 0 atom stereocenters. The van der Waals surface area contributed by atoms with Crippen LogP contribution < -0.4 is 15.4 Å². The highest BCUT2D eigenvalue weighted by atomic mass is 32.1. The summed E-state index contributed by atoms with van der Waals surface area (Å²) in [6.45, 7) is 1.58. The van der Waals surface area contributed by atoms with Gasteiger partial charge in [-0.3, -0.25) is 4.79 Å². The predicted octanol–water partition coefficient (Wildman–Crippen LogP) is 2.67. The summed E-state index contributed by atoms with van der Waals surface area (Å²) in [7, 11) is 1.56. The number of aliphatic hydroxyl groups is 1. The zero-order valence-corrected chi connectivity index (χ0v) is 13.7. The van der Waals surface area contributed by atoms with Crippen LogP contribution in [0.2, 0.25) is 0 Å². The van der Waals surface area contributed by atoms with Crippen molar-refractivity contribution in [2.24, 2.45) is 0 Å². The average molecular weight is 334 g/mol. The Bertz CT molecular complexity index is 712. The van der Waals surface area contributed by atoms with Crippen molar-refractivity contribution in [2.75, 3.05) is 12.4 Å². The molecule has 0 saturated heterocycles. The number of nitrogens with one attached hydrogen (secondary N) is 2. The normalized spacial score (nSPS) is 10.2. The van der Waals surface area contributed by atoms with Crippen LogP contribution >= 0.6 is 12.2 Å². The smallest absolute Gasteiger partial charge is 0.225 e. The number of carbonyl (C=O) groups excluding carboxylic acids is 1. The first-order valence-electron chi connectivity index (χ1n) is 7.06. The summed E-state index contributed by atoms with van der Waals surface area (Å²) in [5.41, 5.74) is 1.39. The van der Waals surface area contributed by atoms with E-state index in [4.69, 9.17) is 26.5 Å². The first kappa shape index (κ1) is 17.0. The molecule has 23 heavy (non-hydrogen) atoms. The zero-order chi connectivity index (χ0) is 16.8. The third-order valence-electron chi connectivity index (χ3n) is 3.11. The van der Waals surface area contributed by atoms with Gasteiger partial charge in [-0.1, -0.05) is 6.92 Å². The van der Waals surface area contributed by atoms with Crippen LogP contribution in [-0.2, 0) is 11.4 Å². The van der Waals surface area contributed by atoms with Crippen molar-refractivity contribution in [3.8, 4) is 17.1 Å². The topological polar surface area (TPSA) is 83.7 Å². The molecular weight excluding hydrogens is 316 g/mol. The monoisotopic (exact) mass is 334 g/mol. The molecule has 0 saturated carbocycles. The minimum Gasteiger partial charge on any atom is -0.496 e. The van der Waals surface area contributed by atoms with Gasteiger partial charge in [0.25, 0.3) is 0 Å². The van der Waals surface area contributed by atoms with E-state index in [-0.39, 0.29) is 17.6 Å². The van der Waals surface area contributed by atoms with Gasteiger partial charge in [-0.25, -0.2) is 0 Å². The van der Waals surface area contributed by atoms with Crippen LogP contribution in [-0.4, -0.2) is 23.2 Å². The molecule has 0 unspecified atom stereocenters. The fourth-order valence-electron chi connectivity index (χ4n) is 1.96. The van der Waals surface area contributed by atoms with Crippen molar-refractivity contribution in [3.05, 3.63) is 36.1 Å². The SMILES string of the molecule is CCC(=O)NC(=S)Nc1ccc(OC)c(-c2ccc(CO)o2)c1. The van der Waals surface area contributed by atoms with Crippen molar-refractivity contribution < 1.29 is 19.1 Å². The fourth-order valence-corrected chi connectivity index (χ4v) is 2.19. The minimum atomic E-state index is -0.173. The fraction of sp³-hybridized carbons (Fsp3) is 0.250. The van der Waals surface area contributed by atoms with Crippen LogP contribution in [0.15, 0.2) is 34.7 Å². The van der Waals surface area contributed by atoms with E-state index in [9.17, 15) is 4.79 Å². The first-order valence-corrected chi connectivity index (χ1v) is 7.47. The van der Waals surface area contributed by atoms with E-state index >= 15 is 0 Å². The molecule has 2 aromatic rings. The molecule has 0 radical (unpaired) electrons. The van der Waals surface area contributed by atoms with Gasteiger partial charge in [0.2, 0.25) is 5.91 Å². The van der Waals surface area contributed by atoms with E-state index in [1.807, 2.05) is 0 Å². The van der Waals surface area contributed by atoms with Crippen molar-refractivity contribution >= 4 is 28.9 Å². The number of thiocarbonyl (C=S) groups is 1. The van der Waals surface area contributed by atoms with E-state index in [0.29, 0.717) is 34.9 Å². The van der Waals surface area contributed by atoms with Crippen LogP contribution in [0.1, 0.15) is 19.1 Å². The Morgan fingerprint density at radius 3 is 2.74 bits per heavy atom. The molecule has 0 bridgehead atoms. The number of benzene rings is 1. The number of furan rings is 1. The largest absolute Gasteiger partial charge is 0.496 e. The summed E-state index contributed by atoms with van der Waals surface area (Å²) < 4.78 is 10.9. The predicted molar refractivity (Wildman–Crippen MR) is 91.3 cm³/mol. The first-order chi connectivity index (χ1) is 11.1. The Kier molecular flexibility index (Phi) is 5.72. The summed E-state index contributed by atoms with van der Waals surface area (Å²) in [6, 6.07) is 8.79. The van der Waals surface area contributed by atoms with Gasteiger partial charge in [-0.15, -0.1) is 0 Å². The third-order valence-corrected chi connectivity index (χ3v) is 3.32. The number of amides is 1. The second kappa shape index (κ2) is 7.75. The summed E-state index contributed by atoms with van der Waals surface area (Å²) in [4.78, 5) is 11.3. The van der Waals surface area contributed by atoms with Crippen molar-refractivity contribution in [3.63, 3.8) is 0 Å². The van der Waals surface area contributed by atoms with Crippen LogP contribution in [0.3, 0.4) is 0 Å². The van der Waals surface area contributed by atoms with Gasteiger partial charge in [-0.2, -0.15) is 0 Å². The Morgan fingerprint density at radius 2 is 2.13 bits per heavy atom. The lowest BCUT2D eigenvalue weighted by molar-refractivity contribution is -0.119. The molecule has 0 spiro atoms. The quantitative estimate of drug-likeness (QED) is 0.729. The zero-order valence-electron chi connectivity index (χ0n) is 12.9. The van der Waals surface area contributed by atoms with Crippen molar-refractivity contribution in [1.82, 2.24) is 5.32 Å². The number of hydrogen-bond donors (Lipinski definition) is 3. The molecule has 122 valence electrons. The number of anilines is 1. The molecule has 3 N–H and O–H groups in total. The van der Waals surface area contributed by atoms with Gasteiger partial charge < -0.3 is 24.9 Å². The van der Waals surface area contributed by atoms with E-state index in [1.54, 1.807) is 44.4 Å². The second-order valence-corrected chi connectivity index (χ2v) is 5.10. The summed E-state index contributed by atoms with van der Waals surface area (Å²) in [5.74, 6) is 1.50. The second-order valence-electron chi connectivity index (χ2n) is 4.69. The van der Waals surface area contributed by atoms with Gasteiger partial charge >= 0.3 is 0 Å². The lowest BCUT2D eigenvalue weighted by atomic mass is 10.1. The van der Waals surface area contributed by atoms with Gasteiger partial charge in [0.1, 0.15) is 23.9 Å². The van der Waals surface area contributed by atoms with Crippen molar-refractivity contribution in [2.45, 2.75) is 20.0 Å². The average Bonchev–Trinajstić information content (AvgIpc) is 3.03. The van der Waals surface area contributed by atoms with Gasteiger partial charge in [0.05, 0.1) is 12.7 Å². The molecule has 0 aliphatic rings. The minimum absolute atomic E-state index is 0.158. The molecule has 0 aliphatic carbocycles. The Morgan fingerprint density at radius 1 is 1.35 bits per heavy atom. The number of ether oxygens (including phenoxy) is 1.